The minimum atomic E-state index is -0.535. The highest BCUT2D eigenvalue weighted by Gasteiger charge is 2.35. The second-order valence-electron chi connectivity index (χ2n) is 5.83. The number of amides is 1. The Morgan fingerprint density at radius 1 is 1.50 bits per heavy atom. The summed E-state index contributed by atoms with van der Waals surface area (Å²) in [7, 11) is 0. The molecule has 1 aliphatic carbocycles. The maximum absolute atomic E-state index is 12.3. The molecule has 6 heteroatoms. The van der Waals surface area contributed by atoms with Gasteiger partial charge in [-0.1, -0.05) is 31.9 Å². The number of halogens is 1. The zero-order valence-electron chi connectivity index (χ0n) is 11.5. The van der Waals surface area contributed by atoms with Gasteiger partial charge in [-0.2, -0.15) is 0 Å². The minimum absolute atomic E-state index is 0.0445. The molecule has 0 saturated heterocycles. The lowest BCUT2D eigenvalue weighted by Gasteiger charge is -2.27. The Hall–Kier alpha value is -1.62. The molecule has 5 nitrogen and oxygen atoms in total. The molecule has 0 heterocycles. The van der Waals surface area contributed by atoms with Crippen molar-refractivity contribution < 1.29 is 9.72 Å². The number of carbonyl (C=O) groups excluding carboxylic acids is 1. The Labute approximate surface area is 122 Å². The summed E-state index contributed by atoms with van der Waals surface area (Å²) >= 11 is 5.97. The zero-order chi connectivity index (χ0) is 14.9. The summed E-state index contributed by atoms with van der Waals surface area (Å²) in [6, 6.07) is 3.97. The van der Waals surface area contributed by atoms with E-state index in [0.29, 0.717) is 0 Å². The van der Waals surface area contributed by atoms with Gasteiger partial charge in [-0.25, -0.2) is 0 Å². The van der Waals surface area contributed by atoms with E-state index in [0.717, 1.165) is 19.3 Å². The van der Waals surface area contributed by atoms with Crippen molar-refractivity contribution in [3.05, 3.63) is 38.9 Å². The second kappa shape index (κ2) is 5.40. The van der Waals surface area contributed by atoms with E-state index in [1.807, 2.05) is 0 Å². The van der Waals surface area contributed by atoms with E-state index in [1.165, 1.54) is 18.2 Å². The van der Waals surface area contributed by atoms with Crippen molar-refractivity contribution in [2.45, 2.75) is 39.2 Å². The van der Waals surface area contributed by atoms with Gasteiger partial charge >= 0.3 is 0 Å². The number of nitro benzene ring substituents is 1. The highest BCUT2D eigenvalue weighted by molar-refractivity contribution is 6.33. The maximum Gasteiger partial charge on any atom is 0.270 e. The summed E-state index contributed by atoms with van der Waals surface area (Å²) in [5, 5.41) is 13.9. The predicted molar refractivity (Wildman–Crippen MR) is 77.0 cm³/mol. The molecule has 0 spiro atoms. The van der Waals surface area contributed by atoms with Gasteiger partial charge in [-0.3, -0.25) is 14.9 Å². The molecule has 1 fully saturated rings. The van der Waals surface area contributed by atoms with Gasteiger partial charge in [0.15, 0.2) is 0 Å². The molecule has 1 N–H and O–H groups in total. The smallest absolute Gasteiger partial charge is 0.270 e. The number of hydrogen-bond acceptors (Lipinski definition) is 3. The third-order valence-electron chi connectivity index (χ3n) is 3.97. The molecular formula is C14H17ClN2O3. The molecule has 1 aromatic rings. The number of benzene rings is 1. The van der Waals surface area contributed by atoms with Gasteiger partial charge < -0.3 is 5.32 Å². The summed E-state index contributed by atoms with van der Waals surface area (Å²) in [5.41, 5.74) is 0.0665. The molecule has 0 aliphatic heterocycles. The topological polar surface area (TPSA) is 72.2 Å². The lowest BCUT2D eigenvalue weighted by Crippen LogP contribution is -2.41. The summed E-state index contributed by atoms with van der Waals surface area (Å²) in [6.07, 6.45) is 3.05. The van der Waals surface area contributed by atoms with E-state index < -0.39 is 4.92 Å². The SMILES string of the molecule is CC1(C)CCCC1NC(=O)c1cc([N+](=O)[O-])ccc1Cl. The van der Waals surface area contributed by atoms with Crippen molar-refractivity contribution in [1.29, 1.82) is 0 Å². The van der Waals surface area contributed by atoms with Crippen LogP contribution in [0.3, 0.4) is 0 Å². The number of nitrogens with one attached hydrogen (secondary N) is 1. The normalized spacial score (nSPS) is 20.6. The van der Waals surface area contributed by atoms with Crippen LogP contribution >= 0.6 is 11.6 Å². The molecule has 108 valence electrons. The van der Waals surface area contributed by atoms with Crippen LogP contribution in [0.25, 0.3) is 0 Å². The average molecular weight is 297 g/mol. The van der Waals surface area contributed by atoms with Gasteiger partial charge in [0.05, 0.1) is 15.5 Å². The highest BCUT2D eigenvalue weighted by atomic mass is 35.5. The van der Waals surface area contributed by atoms with E-state index in [4.69, 9.17) is 11.6 Å². The molecule has 1 aliphatic rings. The van der Waals surface area contributed by atoms with Gasteiger partial charge in [-0.05, 0) is 24.3 Å². The molecule has 1 saturated carbocycles. The quantitative estimate of drug-likeness (QED) is 0.684. The number of non-ortho nitro benzene ring substituents is 1. The second-order valence-corrected chi connectivity index (χ2v) is 6.24. The number of nitro groups is 1. The van der Waals surface area contributed by atoms with Crippen LogP contribution in [0.1, 0.15) is 43.5 Å². The van der Waals surface area contributed by atoms with E-state index in [9.17, 15) is 14.9 Å². The third-order valence-corrected chi connectivity index (χ3v) is 4.30. The Bertz CT molecular complexity index is 557. The Balaban J connectivity index is 2.21. The monoisotopic (exact) mass is 296 g/mol. The minimum Gasteiger partial charge on any atom is -0.349 e. The molecular weight excluding hydrogens is 280 g/mol. The molecule has 1 aromatic carbocycles. The van der Waals surface area contributed by atoms with Crippen LogP contribution < -0.4 is 5.32 Å². The molecule has 0 aromatic heterocycles. The molecule has 0 radical (unpaired) electrons. The van der Waals surface area contributed by atoms with Crippen LogP contribution in [0.4, 0.5) is 5.69 Å². The van der Waals surface area contributed by atoms with Crippen molar-refractivity contribution >= 4 is 23.2 Å². The molecule has 1 amide bonds. The highest BCUT2D eigenvalue weighted by Crippen LogP contribution is 2.37. The van der Waals surface area contributed by atoms with Crippen LogP contribution in [0.15, 0.2) is 18.2 Å². The predicted octanol–water partition coefficient (Wildman–Crippen LogP) is 3.56. The van der Waals surface area contributed by atoms with Crippen LogP contribution in [0.5, 0.6) is 0 Å². The van der Waals surface area contributed by atoms with E-state index in [1.54, 1.807) is 0 Å². The van der Waals surface area contributed by atoms with Crippen molar-refractivity contribution in [3.63, 3.8) is 0 Å². The molecule has 1 atom stereocenters. The van der Waals surface area contributed by atoms with Crippen LogP contribution in [-0.4, -0.2) is 16.9 Å². The summed E-state index contributed by atoms with van der Waals surface area (Å²) in [6.45, 7) is 4.22. The fourth-order valence-corrected chi connectivity index (χ4v) is 2.83. The molecule has 2 rings (SSSR count). The largest absolute Gasteiger partial charge is 0.349 e. The number of hydrogen-bond donors (Lipinski definition) is 1. The van der Waals surface area contributed by atoms with Gasteiger partial charge in [0.2, 0.25) is 0 Å². The number of nitrogens with zero attached hydrogens (tertiary/aromatic N) is 1. The number of carbonyl (C=O) groups is 1. The van der Waals surface area contributed by atoms with Crippen LogP contribution in [0, 0.1) is 15.5 Å². The first-order valence-electron chi connectivity index (χ1n) is 6.56. The van der Waals surface area contributed by atoms with Crippen molar-refractivity contribution in [3.8, 4) is 0 Å². The summed E-state index contributed by atoms with van der Waals surface area (Å²) < 4.78 is 0. The van der Waals surface area contributed by atoms with Gasteiger partial charge in [0.1, 0.15) is 0 Å². The Kier molecular flexibility index (Phi) is 3.99. The summed E-state index contributed by atoms with van der Waals surface area (Å²) in [5.74, 6) is -0.348. The lowest BCUT2D eigenvalue weighted by molar-refractivity contribution is -0.384. The maximum atomic E-state index is 12.3. The summed E-state index contributed by atoms with van der Waals surface area (Å²) in [4.78, 5) is 22.5. The first kappa shape index (κ1) is 14.8. The molecule has 20 heavy (non-hydrogen) atoms. The van der Waals surface area contributed by atoms with E-state index in [-0.39, 0.29) is 33.6 Å². The Morgan fingerprint density at radius 3 is 2.75 bits per heavy atom. The van der Waals surface area contributed by atoms with E-state index >= 15 is 0 Å². The van der Waals surface area contributed by atoms with Gasteiger partial charge in [-0.15, -0.1) is 0 Å². The van der Waals surface area contributed by atoms with Gasteiger partial charge in [0, 0.05) is 18.2 Å². The third kappa shape index (κ3) is 2.93. The average Bonchev–Trinajstić information content (AvgIpc) is 2.68. The first-order valence-corrected chi connectivity index (χ1v) is 6.94. The van der Waals surface area contributed by atoms with Crippen molar-refractivity contribution in [2.75, 3.05) is 0 Å². The fourth-order valence-electron chi connectivity index (χ4n) is 2.63. The fraction of sp³-hybridized carbons (Fsp3) is 0.500. The van der Waals surface area contributed by atoms with Crippen LogP contribution in [-0.2, 0) is 0 Å². The van der Waals surface area contributed by atoms with Crippen molar-refractivity contribution in [1.82, 2.24) is 5.32 Å². The standard InChI is InChI=1S/C14H17ClN2O3/c1-14(2)7-3-4-12(14)16-13(18)10-8-9(17(19)20)5-6-11(10)15/h5-6,8,12H,3-4,7H2,1-2H3,(H,16,18). The molecule has 0 bridgehead atoms. The first-order chi connectivity index (χ1) is 9.31. The zero-order valence-corrected chi connectivity index (χ0v) is 12.2. The lowest BCUT2D eigenvalue weighted by atomic mass is 9.87. The Morgan fingerprint density at radius 2 is 2.20 bits per heavy atom. The van der Waals surface area contributed by atoms with Crippen molar-refractivity contribution in [2.24, 2.45) is 5.41 Å². The van der Waals surface area contributed by atoms with E-state index in [2.05, 4.69) is 19.2 Å². The van der Waals surface area contributed by atoms with Crippen LogP contribution in [0.2, 0.25) is 5.02 Å². The molecule has 1 unspecified atom stereocenters. The number of rotatable bonds is 3. The van der Waals surface area contributed by atoms with Gasteiger partial charge in [0.25, 0.3) is 11.6 Å².